The van der Waals surface area contributed by atoms with Crippen molar-refractivity contribution >= 4 is 0 Å². The summed E-state index contributed by atoms with van der Waals surface area (Å²) in [6, 6.07) is 5.88. The van der Waals surface area contributed by atoms with E-state index in [0.29, 0.717) is 6.42 Å². The number of aryl methyl sites for hydroxylation is 1. The molecule has 0 radical (unpaired) electrons. The predicted molar refractivity (Wildman–Crippen MR) is 63.8 cm³/mol. The van der Waals surface area contributed by atoms with Gasteiger partial charge in [-0.15, -0.1) is 0 Å². The molecule has 2 N–H and O–H groups in total. The molecule has 3 heteroatoms. The molecule has 0 unspecified atom stereocenters. The van der Waals surface area contributed by atoms with Gasteiger partial charge in [-0.3, -0.25) is 0 Å². The van der Waals surface area contributed by atoms with Gasteiger partial charge in [0.25, 0.3) is 0 Å². The SMILES string of the molecule is CC.Cc1ccc2c(c1)CC(CO)(CO)O2. The number of aliphatic hydroxyl groups excluding tert-OH is 2. The van der Waals surface area contributed by atoms with Gasteiger partial charge in [0.15, 0.2) is 5.60 Å². The fraction of sp³-hybridized carbons (Fsp3) is 0.538. The van der Waals surface area contributed by atoms with E-state index >= 15 is 0 Å². The minimum absolute atomic E-state index is 0.156. The largest absolute Gasteiger partial charge is 0.482 e. The fourth-order valence-electron chi connectivity index (χ4n) is 1.79. The van der Waals surface area contributed by atoms with Crippen LogP contribution in [0.15, 0.2) is 18.2 Å². The summed E-state index contributed by atoms with van der Waals surface area (Å²) < 4.78 is 5.55. The smallest absolute Gasteiger partial charge is 0.159 e. The van der Waals surface area contributed by atoms with Crippen molar-refractivity contribution in [2.75, 3.05) is 13.2 Å². The molecule has 3 nitrogen and oxygen atoms in total. The Morgan fingerprint density at radius 3 is 2.44 bits per heavy atom. The zero-order chi connectivity index (χ0) is 12.2. The van der Waals surface area contributed by atoms with Crippen LogP contribution in [-0.2, 0) is 6.42 Å². The molecule has 0 aromatic heterocycles. The Kier molecular flexibility index (Phi) is 4.33. The van der Waals surface area contributed by atoms with Gasteiger partial charge in [-0.2, -0.15) is 0 Å². The molecule has 0 aliphatic carbocycles. The van der Waals surface area contributed by atoms with Crippen molar-refractivity contribution in [2.24, 2.45) is 0 Å². The molecule has 0 spiro atoms. The highest BCUT2D eigenvalue weighted by Crippen LogP contribution is 2.35. The van der Waals surface area contributed by atoms with Crippen LogP contribution in [0.25, 0.3) is 0 Å². The molecule has 1 aliphatic heterocycles. The number of ether oxygens (including phenoxy) is 1. The second-order valence-electron chi connectivity index (χ2n) is 3.89. The highest BCUT2D eigenvalue weighted by atomic mass is 16.5. The van der Waals surface area contributed by atoms with E-state index in [0.717, 1.165) is 11.3 Å². The summed E-state index contributed by atoms with van der Waals surface area (Å²) in [6.45, 7) is 5.70. The third-order valence-electron chi connectivity index (χ3n) is 2.63. The van der Waals surface area contributed by atoms with E-state index in [1.54, 1.807) is 0 Å². The summed E-state index contributed by atoms with van der Waals surface area (Å²) in [7, 11) is 0. The second kappa shape index (κ2) is 5.32. The van der Waals surface area contributed by atoms with E-state index in [1.807, 2.05) is 39.0 Å². The quantitative estimate of drug-likeness (QED) is 0.803. The standard InChI is InChI=1S/C11H14O3.C2H6/c1-8-2-3-10-9(4-8)5-11(6-12,7-13)14-10;1-2/h2-4,12-13H,5-7H2,1H3;1-2H3. The summed E-state index contributed by atoms with van der Waals surface area (Å²) in [4.78, 5) is 0. The highest BCUT2D eigenvalue weighted by molar-refractivity contribution is 5.41. The van der Waals surface area contributed by atoms with E-state index in [1.165, 1.54) is 5.56 Å². The number of benzene rings is 1. The third-order valence-corrected chi connectivity index (χ3v) is 2.63. The minimum Gasteiger partial charge on any atom is -0.482 e. The molecule has 90 valence electrons. The third kappa shape index (κ3) is 2.36. The second-order valence-corrected chi connectivity index (χ2v) is 3.89. The number of fused-ring (bicyclic) bond motifs is 1. The van der Waals surface area contributed by atoms with Crippen molar-refractivity contribution < 1.29 is 14.9 Å². The summed E-state index contributed by atoms with van der Waals surface area (Å²) in [5, 5.41) is 18.3. The molecule has 0 saturated carbocycles. The normalized spacial score (nSPS) is 15.8. The number of rotatable bonds is 2. The van der Waals surface area contributed by atoms with Crippen LogP contribution in [0.3, 0.4) is 0 Å². The molecule has 1 heterocycles. The van der Waals surface area contributed by atoms with Crippen LogP contribution < -0.4 is 4.74 Å². The summed E-state index contributed by atoms with van der Waals surface area (Å²) >= 11 is 0. The fourth-order valence-corrected chi connectivity index (χ4v) is 1.79. The lowest BCUT2D eigenvalue weighted by Crippen LogP contribution is -2.42. The van der Waals surface area contributed by atoms with Gasteiger partial charge in [-0.25, -0.2) is 0 Å². The van der Waals surface area contributed by atoms with Crippen molar-refractivity contribution in [3.63, 3.8) is 0 Å². The van der Waals surface area contributed by atoms with Crippen molar-refractivity contribution in [1.29, 1.82) is 0 Å². The Morgan fingerprint density at radius 1 is 1.25 bits per heavy atom. The van der Waals surface area contributed by atoms with Gasteiger partial charge in [0.2, 0.25) is 0 Å². The zero-order valence-corrected chi connectivity index (χ0v) is 10.2. The zero-order valence-electron chi connectivity index (χ0n) is 10.2. The van der Waals surface area contributed by atoms with E-state index in [-0.39, 0.29) is 13.2 Å². The van der Waals surface area contributed by atoms with E-state index < -0.39 is 5.60 Å². The Labute approximate surface area is 96.7 Å². The first-order valence-electron chi connectivity index (χ1n) is 5.69. The van der Waals surface area contributed by atoms with Gasteiger partial charge in [-0.05, 0) is 18.6 Å². The van der Waals surface area contributed by atoms with Crippen LogP contribution in [-0.4, -0.2) is 29.0 Å². The van der Waals surface area contributed by atoms with Crippen molar-refractivity contribution in [3.05, 3.63) is 29.3 Å². The molecule has 0 saturated heterocycles. The molecular formula is C13H20O3. The van der Waals surface area contributed by atoms with Crippen LogP contribution >= 0.6 is 0 Å². The lowest BCUT2D eigenvalue weighted by Gasteiger charge is -2.23. The van der Waals surface area contributed by atoms with Crippen LogP contribution in [0.5, 0.6) is 5.75 Å². The van der Waals surface area contributed by atoms with Gasteiger partial charge < -0.3 is 14.9 Å². The monoisotopic (exact) mass is 224 g/mol. The van der Waals surface area contributed by atoms with Crippen LogP contribution in [0.2, 0.25) is 0 Å². The molecule has 0 bridgehead atoms. The first-order chi connectivity index (χ1) is 7.69. The number of hydrogen-bond donors (Lipinski definition) is 2. The van der Waals surface area contributed by atoms with Gasteiger partial charge in [-0.1, -0.05) is 31.5 Å². The molecule has 0 amide bonds. The molecule has 1 aromatic rings. The predicted octanol–water partition coefficient (Wildman–Crippen LogP) is 1.68. The van der Waals surface area contributed by atoms with Gasteiger partial charge >= 0.3 is 0 Å². The van der Waals surface area contributed by atoms with Gasteiger partial charge in [0.1, 0.15) is 5.75 Å². The lowest BCUT2D eigenvalue weighted by atomic mass is 9.98. The topological polar surface area (TPSA) is 49.7 Å². The Hall–Kier alpha value is -1.06. The van der Waals surface area contributed by atoms with Crippen LogP contribution in [0, 0.1) is 6.92 Å². The Morgan fingerprint density at radius 2 is 1.88 bits per heavy atom. The average molecular weight is 224 g/mol. The maximum atomic E-state index is 9.17. The van der Waals surface area contributed by atoms with Crippen molar-refractivity contribution in [1.82, 2.24) is 0 Å². The molecular weight excluding hydrogens is 204 g/mol. The van der Waals surface area contributed by atoms with E-state index in [9.17, 15) is 10.2 Å². The molecule has 1 aromatic carbocycles. The van der Waals surface area contributed by atoms with E-state index in [2.05, 4.69) is 0 Å². The number of aliphatic hydroxyl groups is 2. The Bertz CT molecular complexity index is 343. The molecule has 0 atom stereocenters. The van der Waals surface area contributed by atoms with Crippen LogP contribution in [0.1, 0.15) is 25.0 Å². The molecule has 1 aliphatic rings. The van der Waals surface area contributed by atoms with E-state index in [4.69, 9.17) is 4.74 Å². The first kappa shape index (κ1) is 13.0. The lowest BCUT2D eigenvalue weighted by molar-refractivity contribution is -0.0175. The molecule has 2 rings (SSSR count). The molecule has 0 fully saturated rings. The maximum Gasteiger partial charge on any atom is 0.159 e. The van der Waals surface area contributed by atoms with Gasteiger partial charge in [0.05, 0.1) is 13.2 Å². The van der Waals surface area contributed by atoms with Gasteiger partial charge in [0, 0.05) is 6.42 Å². The summed E-state index contributed by atoms with van der Waals surface area (Å²) in [5.74, 6) is 0.777. The van der Waals surface area contributed by atoms with Crippen LogP contribution in [0.4, 0.5) is 0 Å². The van der Waals surface area contributed by atoms with Crippen molar-refractivity contribution in [3.8, 4) is 5.75 Å². The maximum absolute atomic E-state index is 9.17. The summed E-state index contributed by atoms with van der Waals surface area (Å²) in [5.41, 5.74) is 1.42. The Balaban J connectivity index is 0.000000606. The summed E-state index contributed by atoms with van der Waals surface area (Å²) in [6.07, 6.45) is 0.580. The molecule has 16 heavy (non-hydrogen) atoms. The number of hydrogen-bond acceptors (Lipinski definition) is 3. The first-order valence-corrected chi connectivity index (χ1v) is 5.69. The minimum atomic E-state index is -0.809. The average Bonchev–Trinajstić information content (AvgIpc) is 2.70. The highest BCUT2D eigenvalue weighted by Gasteiger charge is 2.38. The van der Waals surface area contributed by atoms with Crippen molar-refractivity contribution in [2.45, 2.75) is 32.8 Å².